The Balaban J connectivity index is 3.17. The number of rotatable bonds is 1. The van der Waals surface area contributed by atoms with Gasteiger partial charge < -0.3 is 10.2 Å². The van der Waals surface area contributed by atoms with E-state index in [0.717, 1.165) is 5.56 Å². The van der Waals surface area contributed by atoms with E-state index >= 15 is 0 Å². The second kappa shape index (κ2) is 3.22. The zero-order chi connectivity index (χ0) is 8.43. The van der Waals surface area contributed by atoms with E-state index in [2.05, 4.69) is 0 Å². The highest BCUT2D eigenvalue weighted by Crippen LogP contribution is 2.24. The molecule has 0 radical (unpaired) electrons. The van der Waals surface area contributed by atoms with Crippen LogP contribution in [0.25, 0.3) is 0 Å². The summed E-state index contributed by atoms with van der Waals surface area (Å²) in [5, 5.41) is 18.0. The van der Waals surface area contributed by atoms with Crippen molar-refractivity contribution in [1.82, 2.24) is 0 Å². The van der Waals surface area contributed by atoms with Gasteiger partial charge in [0.2, 0.25) is 0 Å². The molecular weight excluding hydrogens is 164 g/mol. The molecule has 0 atom stereocenters. The van der Waals surface area contributed by atoms with Crippen molar-refractivity contribution in [3.8, 4) is 0 Å². The summed E-state index contributed by atoms with van der Waals surface area (Å²) in [5.74, 6) is 0. The lowest BCUT2D eigenvalue weighted by molar-refractivity contribution is -0.0424. The molecule has 0 aromatic heterocycles. The van der Waals surface area contributed by atoms with Crippen molar-refractivity contribution in [3.05, 3.63) is 34.3 Å². The second-order valence-electron chi connectivity index (χ2n) is 2.35. The molecule has 0 heterocycles. The van der Waals surface area contributed by atoms with Crippen molar-refractivity contribution in [3.63, 3.8) is 0 Å². The van der Waals surface area contributed by atoms with Gasteiger partial charge in [0.1, 0.15) is 0 Å². The van der Waals surface area contributed by atoms with Gasteiger partial charge >= 0.3 is 0 Å². The van der Waals surface area contributed by atoms with Crippen LogP contribution in [0.4, 0.5) is 0 Å². The van der Waals surface area contributed by atoms with Gasteiger partial charge in [-0.25, -0.2) is 0 Å². The molecule has 1 aromatic carbocycles. The minimum Gasteiger partial charge on any atom is -0.364 e. The summed E-state index contributed by atoms with van der Waals surface area (Å²) in [5.41, 5.74) is 1.20. The molecular formula is C8H9ClO2. The lowest BCUT2D eigenvalue weighted by atomic mass is 10.1. The third-order valence-corrected chi connectivity index (χ3v) is 2.02. The van der Waals surface area contributed by atoms with E-state index in [9.17, 15) is 0 Å². The highest BCUT2D eigenvalue weighted by Gasteiger charge is 2.08. The van der Waals surface area contributed by atoms with E-state index in [1.54, 1.807) is 12.1 Å². The second-order valence-corrected chi connectivity index (χ2v) is 2.73. The minimum absolute atomic E-state index is 0.353. The van der Waals surface area contributed by atoms with Crippen LogP contribution in [0, 0.1) is 6.92 Å². The third-order valence-electron chi connectivity index (χ3n) is 1.50. The summed E-state index contributed by atoms with van der Waals surface area (Å²) in [7, 11) is 0. The van der Waals surface area contributed by atoms with Gasteiger partial charge in [-0.15, -0.1) is 0 Å². The Morgan fingerprint density at radius 3 is 2.45 bits per heavy atom. The first kappa shape index (κ1) is 8.53. The molecule has 0 fully saturated rings. The number of aryl methyl sites for hydroxylation is 1. The predicted molar refractivity (Wildman–Crippen MR) is 43.4 cm³/mol. The molecule has 0 spiro atoms. The van der Waals surface area contributed by atoms with E-state index < -0.39 is 6.29 Å². The number of halogens is 1. The fraction of sp³-hybridized carbons (Fsp3) is 0.250. The smallest absolute Gasteiger partial charge is 0.179 e. The Hall–Kier alpha value is -0.570. The molecule has 1 rings (SSSR count). The van der Waals surface area contributed by atoms with Crippen molar-refractivity contribution < 1.29 is 10.2 Å². The normalized spacial score (nSPS) is 10.6. The zero-order valence-electron chi connectivity index (χ0n) is 6.08. The summed E-state index contributed by atoms with van der Waals surface area (Å²) in [6.45, 7) is 1.81. The topological polar surface area (TPSA) is 40.5 Å². The van der Waals surface area contributed by atoms with Gasteiger partial charge in [0, 0.05) is 5.56 Å². The number of hydrogen-bond acceptors (Lipinski definition) is 2. The predicted octanol–water partition coefficient (Wildman–Crippen LogP) is 1.63. The summed E-state index contributed by atoms with van der Waals surface area (Å²) < 4.78 is 0. The van der Waals surface area contributed by atoms with E-state index in [-0.39, 0.29) is 0 Å². The first-order valence-corrected chi connectivity index (χ1v) is 3.62. The van der Waals surface area contributed by atoms with Crippen LogP contribution in [-0.4, -0.2) is 10.2 Å². The SMILES string of the molecule is Cc1cccc(C(O)O)c1Cl. The lowest BCUT2D eigenvalue weighted by Crippen LogP contribution is -1.96. The molecule has 0 unspecified atom stereocenters. The number of hydrogen-bond donors (Lipinski definition) is 2. The van der Waals surface area contributed by atoms with Gasteiger partial charge in [-0.2, -0.15) is 0 Å². The maximum Gasteiger partial charge on any atom is 0.179 e. The Morgan fingerprint density at radius 1 is 1.36 bits per heavy atom. The monoisotopic (exact) mass is 172 g/mol. The minimum atomic E-state index is -1.48. The van der Waals surface area contributed by atoms with Crippen molar-refractivity contribution in [2.45, 2.75) is 13.2 Å². The van der Waals surface area contributed by atoms with Crippen molar-refractivity contribution in [1.29, 1.82) is 0 Å². The highest BCUT2D eigenvalue weighted by atomic mass is 35.5. The van der Waals surface area contributed by atoms with Crippen LogP contribution in [-0.2, 0) is 0 Å². The van der Waals surface area contributed by atoms with Crippen molar-refractivity contribution >= 4 is 11.6 Å². The first-order valence-electron chi connectivity index (χ1n) is 3.24. The Morgan fingerprint density at radius 2 is 2.00 bits per heavy atom. The van der Waals surface area contributed by atoms with Gasteiger partial charge in [-0.3, -0.25) is 0 Å². The molecule has 0 aliphatic rings. The van der Waals surface area contributed by atoms with E-state index in [4.69, 9.17) is 21.8 Å². The van der Waals surface area contributed by atoms with Crippen LogP contribution >= 0.6 is 11.6 Å². The molecule has 0 saturated carbocycles. The van der Waals surface area contributed by atoms with Crippen LogP contribution in [0.5, 0.6) is 0 Å². The Kier molecular flexibility index (Phi) is 2.49. The van der Waals surface area contributed by atoms with Gasteiger partial charge in [-0.1, -0.05) is 29.8 Å². The van der Waals surface area contributed by atoms with Crippen LogP contribution in [0.3, 0.4) is 0 Å². The Bertz CT molecular complexity index is 258. The molecule has 0 bridgehead atoms. The standard InChI is InChI=1S/C8H9ClO2/c1-5-3-2-4-6(7(5)9)8(10)11/h2-4,8,10-11H,1H3. The molecule has 0 aliphatic carbocycles. The highest BCUT2D eigenvalue weighted by molar-refractivity contribution is 6.32. The van der Waals surface area contributed by atoms with Crippen LogP contribution < -0.4 is 0 Å². The maximum absolute atomic E-state index is 8.80. The van der Waals surface area contributed by atoms with Crippen molar-refractivity contribution in [2.24, 2.45) is 0 Å². The molecule has 3 heteroatoms. The van der Waals surface area contributed by atoms with Gasteiger partial charge in [0.25, 0.3) is 0 Å². The fourth-order valence-electron chi connectivity index (χ4n) is 0.870. The van der Waals surface area contributed by atoms with Crippen molar-refractivity contribution in [2.75, 3.05) is 0 Å². The summed E-state index contributed by atoms with van der Waals surface area (Å²) in [4.78, 5) is 0. The molecule has 1 aromatic rings. The van der Waals surface area contributed by atoms with Gasteiger partial charge in [-0.05, 0) is 12.5 Å². The molecule has 0 aliphatic heterocycles. The first-order chi connectivity index (χ1) is 5.13. The average Bonchev–Trinajstić information content (AvgIpc) is 1.94. The van der Waals surface area contributed by atoms with E-state index in [1.165, 1.54) is 0 Å². The number of benzene rings is 1. The quantitative estimate of drug-likeness (QED) is 0.633. The molecule has 2 N–H and O–H groups in total. The third kappa shape index (κ3) is 1.71. The Labute approximate surface area is 70.1 Å². The average molecular weight is 173 g/mol. The van der Waals surface area contributed by atoms with Crippen LogP contribution in [0.1, 0.15) is 17.4 Å². The van der Waals surface area contributed by atoms with Gasteiger partial charge in [0.15, 0.2) is 6.29 Å². The molecule has 0 amide bonds. The van der Waals surface area contributed by atoms with Gasteiger partial charge in [0.05, 0.1) is 5.02 Å². The fourth-order valence-corrected chi connectivity index (χ4v) is 1.09. The largest absolute Gasteiger partial charge is 0.364 e. The molecule has 2 nitrogen and oxygen atoms in total. The zero-order valence-corrected chi connectivity index (χ0v) is 6.84. The molecule has 11 heavy (non-hydrogen) atoms. The number of aliphatic hydroxyl groups is 2. The molecule has 60 valence electrons. The number of aliphatic hydroxyl groups excluding tert-OH is 1. The van der Waals surface area contributed by atoms with Crippen LogP contribution in [0.15, 0.2) is 18.2 Å². The molecule has 0 saturated heterocycles. The summed E-state index contributed by atoms with van der Waals surface area (Å²) in [6, 6.07) is 5.13. The maximum atomic E-state index is 8.80. The summed E-state index contributed by atoms with van der Waals surface area (Å²) >= 11 is 5.77. The van der Waals surface area contributed by atoms with E-state index in [0.29, 0.717) is 10.6 Å². The van der Waals surface area contributed by atoms with E-state index in [1.807, 2.05) is 13.0 Å². The van der Waals surface area contributed by atoms with Crippen LogP contribution in [0.2, 0.25) is 5.02 Å². The summed E-state index contributed by atoms with van der Waals surface area (Å²) in [6.07, 6.45) is -1.48. The lowest BCUT2D eigenvalue weighted by Gasteiger charge is -2.07.